The van der Waals surface area contributed by atoms with Crippen molar-refractivity contribution in [2.24, 2.45) is 10.1 Å². The molecule has 29 heavy (non-hydrogen) atoms. The fourth-order valence-electron chi connectivity index (χ4n) is 2.62. The second-order valence-electron chi connectivity index (χ2n) is 6.09. The van der Waals surface area contributed by atoms with Crippen molar-refractivity contribution in [1.29, 1.82) is 5.26 Å². The summed E-state index contributed by atoms with van der Waals surface area (Å²) >= 11 is 6.35. The van der Waals surface area contributed by atoms with E-state index in [9.17, 15) is 12.8 Å². The molecule has 1 heterocycles. The van der Waals surface area contributed by atoms with Gasteiger partial charge in [0.15, 0.2) is 0 Å². The van der Waals surface area contributed by atoms with Crippen molar-refractivity contribution < 1.29 is 12.8 Å². The molecule has 2 aromatic carbocycles. The van der Waals surface area contributed by atoms with Crippen LogP contribution in [0, 0.1) is 17.1 Å². The lowest BCUT2D eigenvalue weighted by molar-refractivity contribution is 0.581. The van der Waals surface area contributed by atoms with E-state index in [4.69, 9.17) is 22.2 Å². The van der Waals surface area contributed by atoms with Crippen LogP contribution in [0.2, 0.25) is 0 Å². The Morgan fingerprint density at radius 3 is 2.72 bits per heavy atom. The molecule has 0 aliphatic carbocycles. The molecule has 3 rings (SSSR count). The van der Waals surface area contributed by atoms with Gasteiger partial charge in [0, 0.05) is 23.7 Å². The highest BCUT2D eigenvalue weighted by molar-refractivity contribution is 7.88. The average Bonchev–Trinajstić information content (AvgIpc) is 2.66. The first-order valence-electron chi connectivity index (χ1n) is 8.28. The Bertz CT molecular complexity index is 1130. The number of benzene rings is 2. The average molecular weight is 435 g/mol. The van der Waals surface area contributed by atoms with Crippen molar-refractivity contribution >= 4 is 39.1 Å². The van der Waals surface area contributed by atoms with E-state index in [1.807, 2.05) is 6.07 Å². The summed E-state index contributed by atoms with van der Waals surface area (Å²) in [5.41, 5.74) is 1.28. The number of nitriles is 1. The summed E-state index contributed by atoms with van der Waals surface area (Å²) in [5, 5.41) is 19.9. The van der Waals surface area contributed by atoms with Crippen LogP contribution in [0.15, 0.2) is 59.7 Å². The zero-order valence-corrected chi connectivity index (χ0v) is 16.5. The first-order valence-corrected chi connectivity index (χ1v) is 10.3. The second kappa shape index (κ2) is 8.48. The van der Waals surface area contributed by atoms with Crippen molar-refractivity contribution in [3.05, 3.63) is 71.7 Å². The fraction of sp³-hybridized carbons (Fsp3) is 0.111. The molecule has 0 saturated carbocycles. The van der Waals surface area contributed by atoms with Gasteiger partial charge in [0.25, 0.3) is 0 Å². The lowest BCUT2D eigenvalue weighted by Gasteiger charge is -2.30. The molecule has 0 bridgehead atoms. The van der Waals surface area contributed by atoms with Gasteiger partial charge in [-0.1, -0.05) is 18.2 Å². The molecule has 0 aromatic heterocycles. The molecular weight excluding hydrogens is 419 g/mol. The van der Waals surface area contributed by atoms with Gasteiger partial charge in [-0.2, -0.15) is 5.26 Å². The van der Waals surface area contributed by atoms with E-state index >= 15 is 0 Å². The Kier molecular flexibility index (Phi) is 6.03. The number of primary sulfonamides is 1. The summed E-state index contributed by atoms with van der Waals surface area (Å²) in [6, 6.07) is 12.6. The summed E-state index contributed by atoms with van der Waals surface area (Å²) in [6.45, 7) is 0. The maximum Gasteiger partial charge on any atom is 0.220 e. The first kappa shape index (κ1) is 20.6. The maximum absolute atomic E-state index is 14.1. The van der Waals surface area contributed by atoms with E-state index in [-0.39, 0.29) is 23.0 Å². The van der Waals surface area contributed by atoms with Crippen molar-refractivity contribution in [1.82, 2.24) is 4.42 Å². The molecule has 0 spiro atoms. The van der Waals surface area contributed by atoms with Gasteiger partial charge in [-0.3, -0.25) is 0 Å². The van der Waals surface area contributed by atoms with Gasteiger partial charge in [-0.15, -0.1) is 0 Å². The molecule has 1 unspecified atom stereocenters. The maximum atomic E-state index is 14.1. The minimum absolute atomic E-state index is 0.0945. The standard InChI is InChI=1S/C18H16ClFN6O2S/c19-26-17(24-15-4-2-1-3-13(15)11-29(22,27)28)7-8-23-18(26)25-16-6-5-12(10-21)9-14(16)20/h1-9,17,24H,11H2,(H,23,25)(H2,22,27,28). The lowest BCUT2D eigenvalue weighted by Crippen LogP contribution is -2.42. The van der Waals surface area contributed by atoms with Crippen LogP contribution in [0.1, 0.15) is 11.1 Å². The Hall–Kier alpha value is -3.13. The molecule has 1 atom stereocenters. The molecular formula is C18H16ClFN6O2S. The van der Waals surface area contributed by atoms with Crippen LogP contribution < -0.4 is 15.8 Å². The monoisotopic (exact) mass is 434 g/mol. The van der Waals surface area contributed by atoms with E-state index in [0.29, 0.717) is 11.3 Å². The highest BCUT2D eigenvalue weighted by Crippen LogP contribution is 2.23. The smallest absolute Gasteiger partial charge is 0.220 e. The normalized spacial score (nSPS) is 16.1. The summed E-state index contributed by atoms with van der Waals surface area (Å²) in [6.07, 6.45) is 2.50. The van der Waals surface area contributed by atoms with E-state index < -0.39 is 22.0 Å². The van der Waals surface area contributed by atoms with Crippen LogP contribution in [0.25, 0.3) is 0 Å². The molecule has 2 aromatic rings. The Morgan fingerprint density at radius 2 is 2.03 bits per heavy atom. The van der Waals surface area contributed by atoms with E-state index in [0.717, 1.165) is 6.07 Å². The SMILES string of the molecule is N#Cc1ccc(NC2=NC=CC(Nc3ccccc3CS(N)(=O)=O)N2Cl)c(F)c1. The van der Waals surface area contributed by atoms with E-state index in [1.165, 1.54) is 22.8 Å². The summed E-state index contributed by atoms with van der Waals surface area (Å²) in [4.78, 5) is 4.09. The minimum Gasteiger partial charge on any atom is -0.361 e. The summed E-state index contributed by atoms with van der Waals surface area (Å²) < 4.78 is 38.3. The molecule has 150 valence electrons. The summed E-state index contributed by atoms with van der Waals surface area (Å²) in [7, 11) is -3.72. The number of anilines is 2. The third-order valence-electron chi connectivity index (χ3n) is 3.93. The Labute approximate surface area is 172 Å². The zero-order chi connectivity index (χ0) is 21.0. The predicted molar refractivity (Wildman–Crippen MR) is 110 cm³/mol. The molecule has 0 fully saturated rings. The number of nitrogens with two attached hydrogens (primary N) is 1. The highest BCUT2D eigenvalue weighted by atomic mass is 35.5. The molecule has 1 aliphatic rings. The first-order chi connectivity index (χ1) is 13.8. The lowest BCUT2D eigenvalue weighted by atomic mass is 10.2. The van der Waals surface area contributed by atoms with Crippen molar-refractivity contribution in [2.75, 3.05) is 10.6 Å². The van der Waals surface area contributed by atoms with Gasteiger partial charge in [-0.25, -0.2) is 27.4 Å². The van der Waals surface area contributed by atoms with E-state index in [2.05, 4.69) is 15.6 Å². The van der Waals surface area contributed by atoms with Crippen molar-refractivity contribution in [3.8, 4) is 6.07 Å². The number of guanidine groups is 1. The van der Waals surface area contributed by atoms with Crippen LogP contribution in [0.4, 0.5) is 15.8 Å². The number of aliphatic imine (C=N–C) groups is 1. The van der Waals surface area contributed by atoms with Crippen molar-refractivity contribution in [2.45, 2.75) is 11.9 Å². The number of sulfonamides is 1. The number of nitrogens with zero attached hydrogens (tertiary/aromatic N) is 3. The van der Waals surface area contributed by atoms with Gasteiger partial charge >= 0.3 is 0 Å². The third kappa shape index (κ3) is 5.23. The number of halogens is 2. The number of hydrogen-bond acceptors (Lipinski definition) is 7. The van der Waals surface area contributed by atoms with Crippen LogP contribution in [-0.2, 0) is 15.8 Å². The van der Waals surface area contributed by atoms with Gasteiger partial charge in [0.05, 0.1) is 23.1 Å². The van der Waals surface area contributed by atoms with Gasteiger partial charge in [-0.05, 0) is 35.9 Å². The number of hydrogen-bond donors (Lipinski definition) is 3. The fourth-order valence-corrected chi connectivity index (χ4v) is 3.50. The Morgan fingerprint density at radius 1 is 1.28 bits per heavy atom. The summed E-state index contributed by atoms with van der Waals surface area (Å²) in [5.74, 6) is -0.835. The van der Waals surface area contributed by atoms with Crippen LogP contribution in [0.5, 0.6) is 0 Å². The van der Waals surface area contributed by atoms with Crippen LogP contribution >= 0.6 is 11.8 Å². The predicted octanol–water partition coefficient (Wildman–Crippen LogP) is 2.68. The number of nitrogens with one attached hydrogen (secondary N) is 2. The quantitative estimate of drug-likeness (QED) is 0.621. The molecule has 0 radical (unpaired) electrons. The Balaban J connectivity index is 1.77. The zero-order valence-electron chi connectivity index (χ0n) is 14.9. The molecule has 11 heteroatoms. The largest absolute Gasteiger partial charge is 0.361 e. The number of para-hydroxylation sites is 1. The molecule has 0 saturated heterocycles. The second-order valence-corrected chi connectivity index (χ2v) is 8.07. The van der Waals surface area contributed by atoms with E-state index in [1.54, 1.807) is 30.3 Å². The molecule has 8 nitrogen and oxygen atoms in total. The minimum atomic E-state index is -3.72. The van der Waals surface area contributed by atoms with Crippen molar-refractivity contribution in [3.63, 3.8) is 0 Å². The molecule has 0 amide bonds. The number of rotatable bonds is 5. The molecule has 4 N–H and O–H groups in total. The third-order valence-corrected chi connectivity index (χ3v) is 5.02. The van der Waals surface area contributed by atoms with Gasteiger partial charge in [0.2, 0.25) is 16.0 Å². The molecule has 1 aliphatic heterocycles. The highest BCUT2D eigenvalue weighted by Gasteiger charge is 2.23. The van der Waals surface area contributed by atoms with Gasteiger partial charge in [0.1, 0.15) is 12.0 Å². The topological polar surface area (TPSA) is 124 Å². The van der Waals surface area contributed by atoms with Crippen LogP contribution in [-0.4, -0.2) is 25.0 Å². The van der Waals surface area contributed by atoms with Crippen LogP contribution in [0.3, 0.4) is 0 Å². The van der Waals surface area contributed by atoms with Gasteiger partial charge < -0.3 is 10.6 Å².